The molecule has 1 N–H and O–H groups in total. The summed E-state index contributed by atoms with van der Waals surface area (Å²) < 4.78 is 0. The van der Waals surface area contributed by atoms with Gasteiger partial charge in [0.25, 0.3) is 5.91 Å². The fourth-order valence-electron chi connectivity index (χ4n) is 2.08. The maximum Gasteiger partial charge on any atom is 0.271 e. The summed E-state index contributed by atoms with van der Waals surface area (Å²) in [5, 5.41) is 6.19. The maximum atomic E-state index is 12.1. The maximum absolute atomic E-state index is 12.1. The molecule has 6 heteroatoms. The van der Waals surface area contributed by atoms with Crippen LogP contribution in [-0.2, 0) is 13.0 Å². The smallest absolute Gasteiger partial charge is 0.271 e. The topological polar surface area (TPSA) is 54.9 Å². The van der Waals surface area contributed by atoms with Crippen LogP contribution < -0.4 is 5.32 Å². The molecule has 2 heterocycles. The first-order valence-corrected chi connectivity index (χ1v) is 8.33. The molecule has 0 aliphatic carbocycles. The number of nitrogens with zero attached hydrogens (tertiary/aromatic N) is 2. The molecule has 0 saturated heterocycles. The van der Waals surface area contributed by atoms with E-state index in [1.165, 1.54) is 11.3 Å². The molecule has 3 aromatic rings. The second-order valence-electron chi connectivity index (χ2n) is 4.94. The van der Waals surface area contributed by atoms with Crippen molar-refractivity contribution in [3.8, 4) is 0 Å². The van der Waals surface area contributed by atoms with Crippen LogP contribution in [0.4, 0.5) is 0 Å². The van der Waals surface area contributed by atoms with Gasteiger partial charge in [-0.2, -0.15) is 0 Å². The molecule has 3 rings (SSSR count). The van der Waals surface area contributed by atoms with Crippen LogP contribution in [0.15, 0.2) is 54.2 Å². The summed E-state index contributed by atoms with van der Waals surface area (Å²) in [5.41, 5.74) is 2.39. The third-order valence-corrected chi connectivity index (χ3v) is 4.48. The molecule has 0 bridgehead atoms. The van der Waals surface area contributed by atoms with Crippen LogP contribution in [0.3, 0.4) is 0 Å². The highest BCUT2D eigenvalue weighted by molar-refractivity contribution is 7.09. The number of carbonyl (C=O) groups is 1. The summed E-state index contributed by atoms with van der Waals surface area (Å²) in [5.74, 6) is -0.185. The second-order valence-corrected chi connectivity index (χ2v) is 6.29. The lowest BCUT2D eigenvalue weighted by atomic mass is 10.2. The SMILES string of the molecule is O=C(NCc1cccnc1)c1csc(Cc2ccccc2Cl)n1. The second kappa shape index (κ2) is 7.35. The van der Waals surface area contributed by atoms with E-state index < -0.39 is 0 Å². The Morgan fingerprint density at radius 3 is 2.87 bits per heavy atom. The zero-order chi connectivity index (χ0) is 16.1. The molecule has 0 fully saturated rings. The highest BCUT2D eigenvalue weighted by Crippen LogP contribution is 2.21. The normalized spacial score (nSPS) is 10.5. The predicted octanol–water partition coefficient (Wildman–Crippen LogP) is 3.71. The lowest BCUT2D eigenvalue weighted by molar-refractivity contribution is 0.0946. The van der Waals surface area contributed by atoms with E-state index in [9.17, 15) is 4.79 Å². The van der Waals surface area contributed by atoms with Gasteiger partial charge in [0.2, 0.25) is 0 Å². The minimum atomic E-state index is -0.185. The van der Waals surface area contributed by atoms with E-state index in [2.05, 4.69) is 15.3 Å². The quantitative estimate of drug-likeness (QED) is 0.768. The van der Waals surface area contributed by atoms with E-state index in [-0.39, 0.29) is 5.91 Å². The van der Waals surface area contributed by atoms with Crippen molar-refractivity contribution in [2.24, 2.45) is 0 Å². The summed E-state index contributed by atoms with van der Waals surface area (Å²) in [7, 11) is 0. The fourth-order valence-corrected chi connectivity index (χ4v) is 3.08. The van der Waals surface area contributed by atoms with Crippen molar-refractivity contribution in [3.05, 3.63) is 81.0 Å². The molecule has 2 aromatic heterocycles. The van der Waals surface area contributed by atoms with Crippen LogP contribution in [0.25, 0.3) is 0 Å². The first-order valence-electron chi connectivity index (χ1n) is 7.07. The average molecular weight is 344 g/mol. The number of benzene rings is 1. The highest BCUT2D eigenvalue weighted by Gasteiger charge is 2.11. The van der Waals surface area contributed by atoms with Gasteiger partial charge in [0.1, 0.15) is 5.69 Å². The number of thiazole rings is 1. The number of hydrogen-bond donors (Lipinski definition) is 1. The van der Waals surface area contributed by atoms with Crippen LogP contribution in [0.1, 0.15) is 26.6 Å². The van der Waals surface area contributed by atoms with Gasteiger partial charge in [-0.3, -0.25) is 9.78 Å². The van der Waals surface area contributed by atoms with E-state index in [1.807, 2.05) is 36.4 Å². The van der Waals surface area contributed by atoms with Crippen molar-refractivity contribution in [3.63, 3.8) is 0 Å². The molecule has 0 aliphatic heterocycles. The highest BCUT2D eigenvalue weighted by atomic mass is 35.5. The lowest BCUT2D eigenvalue weighted by Crippen LogP contribution is -2.23. The Kier molecular flexibility index (Phi) is 5.00. The molecule has 0 aliphatic rings. The molecule has 1 aromatic carbocycles. The van der Waals surface area contributed by atoms with E-state index in [0.717, 1.165) is 16.1 Å². The molecule has 23 heavy (non-hydrogen) atoms. The summed E-state index contributed by atoms with van der Waals surface area (Å²) in [4.78, 5) is 20.5. The molecule has 0 atom stereocenters. The largest absolute Gasteiger partial charge is 0.347 e. The third-order valence-electron chi connectivity index (χ3n) is 3.26. The van der Waals surface area contributed by atoms with Crippen molar-refractivity contribution in [2.45, 2.75) is 13.0 Å². The minimum Gasteiger partial charge on any atom is -0.347 e. The Morgan fingerprint density at radius 1 is 1.22 bits per heavy atom. The van der Waals surface area contributed by atoms with Gasteiger partial charge in [-0.1, -0.05) is 35.9 Å². The van der Waals surface area contributed by atoms with Gasteiger partial charge in [0.05, 0.1) is 5.01 Å². The number of hydrogen-bond acceptors (Lipinski definition) is 4. The van der Waals surface area contributed by atoms with Crippen molar-refractivity contribution < 1.29 is 4.79 Å². The first kappa shape index (κ1) is 15.6. The summed E-state index contributed by atoms with van der Waals surface area (Å²) >= 11 is 7.61. The molecular formula is C17H14ClN3OS. The first-order chi connectivity index (χ1) is 11.2. The van der Waals surface area contributed by atoms with E-state index >= 15 is 0 Å². The van der Waals surface area contributed by atoms with Crippen LogP contribution in [0, 0.1) is 0 Å². The van der Waals surface area contributed by atoms with Gasteiger partial charge in [0, 0.05) is 35.8 Å². The van der Waals surface area contributed by atoms with Gasteiger partial charge >= 0.3 is 0 Å². The van der Waals surface area contributed by atoms with Crippen molar-refractivity contribution in [1.82, 2.24) is 15.3 Å². The molecule has 4 nitrogen and oxygen atoms in total. The molecule has 116 valence electrons. The van der Waals surface area contributed by atoms with E-state index in [0.29, 0.717) is 23.7 Å². The van der Waals surface area contributed by atoms with Gasteiger partial charge in [0.15, 0.2) is 0 Å². The Bertz CT molecular complexity index is 804. The summed E-state index contributed by atoms with van der Waals surface area (Å²) in [6.45, 7) is 0.435. The summed E-state index contributed by atoms with van der Waals surface area (Å²) in [6.07, 6.45) is 4.05. The molecule has 0 saturated carbocycles. The van der Waals surface area contributed by atoms with Crippen molar-refractivity contribution in [1.29, 1.82) is 0 Å². The van der Waals surface area contributed by atoms with Crippen molar-refractivity contribution >= 4 is 28.8 Å². The number of rotatable bonds is 5. The van der Waals surface area contributed by atoms with E-state index in [1.54, 1.807) is 17.8 Å². The number of aromatic nitrogens is 2. The standard InChI is InChI=1S/C17H14ClN3OS/c18-14-6-2-1-5-13(14)8-16-21-15(11-23-16)17(22)20-10-12-4-3-7-19-9-12/h1-7,9,11H,8,10H2,(H,20,22). The summed E-state index contributed by atoms with van der Waals surface area (Å²) in [6, 6.07) is 11.4. The van der Waals surface area contributed by atoms with Crippen LogP contribution in [0.5, 0.6) is 0 Å². The molecule has 1 amide bonds. The van der Waals surface area contributed by atoms with Crippen LogP contribution >= 0.6 is 22.9 Å². The number of amides is 1. The zero-order valence-electron chi connectivity index (χ0n) is 12.2. The molecule has 0 radical (unpaired) electrons. The number of pyridine rings is 1. The zero-order valence-corrected chi connectivity index (χ0v) is 13.8. The van der Waals surface area contributed by atoms with Gasteiger partial charge in [-0.25, -0.2) is 4.98 Å². The lowest BCUT2D eigenvalue weighted by Gasteiger charge is -2.03. The predicted molar refractivity (Wildman–Crippen MR) is 91.8 cm³/mol. The van der Waals surface area contributed by atoms with Gasteiger partial charge in [-0.05, 0) is 23.3 Å². The minimum absolute atomic E-state index is 0.185. The number of halogens is 1. The number of carbonyl (C=O) groups excluding carboxylic acids is 1. The van der Waals surface area contributed by atoms with Crippen LogP contribution in [-0.4, -0.2) is 15.9 Å². The Morgan fingerprint density at radius 2 is 2.09 bits per heavy atom. The Balaban J connectivity index is 1.62. The van der Waals surface area contributed by atoms with E-state index in [4.69, 9.17) is 11.6 Å². The molecule has 0 spiro atoms. The molecular weight excluding hydrogens is 330 g/mol. The van der Waals surface area contributed by atoms with Crippen molar-refractivity contribution in [2.75, 3.05) is 0 Å². The van der Waals surface area contributed by atoms with Gasteiger partial charge in [-0.15, -0.1) is 11.3 Å². The Labute approximate surface area is 143 Å². The van der Waals surface area contributed by atoms with Crippen LogP contribution in [0.2, 0.25) is 5.02 Å². The van der Waals surface area contributed by atoms with Gasteiger partial charge < -0.3 is 5.32 Å². The molecule has 0 unspecified atom stereocenters. The average Bonchev–Trinajstić information content (AvgIpc) is 3.04. The fraction of sp³-hybridized carbons (Fsp3) is 0.118. The Hall–Kier alpha value is -2.24. The third kappa shape index (κ3) is 4.15. The monoisotopic (exact) mass is 343 g/mol. The number of nitrogens with one attached hydrogen (secondary N) is 1.